The third kappa shape index (κ3) is 6.16. The van der Waals surface area contributed by atoms with Crippen molar-refractivity contribution in [3.05, 3.63) is 77.0 Å². The van der Waals surface area contributed by atoms with Gasteiger partial charge in [-0.1, -0.05) is 12.1 Å². The molecule has 0 aliphatic heterocycles. The number of aromatic nitrogens is 4. The van der Waals surface area contributed by atoms with Gasteiger partial charge in [0.05, 0.1) is 30.3 Å². The molecule has 0 saturated heterocycles. The minimum Gasteiger partial charge on any atom is -0.465 e. The van der Waals surface area contributed by atoms with E-state index in [2.05, 4.69) is 47.4 Å². The molecule has 9 heteroatoms. The summed E-state index contributed by atoms with van der Waals surface area (Å²) in [5.41, 5.74) is 7.31. The number of ether oxygens (including phenoxy) is 2. The summed E-state index contributed by atoms with van der Waals surface area (Å²) in [6, 6.07) is 17.3. The summed E-state index contributed by atoms with van der Waals surface area (Å²) in [6.45, 7) is 10.2. The fraction of sp³-hybridized carbons (Fsp3) is 0.267. The van der Waals surface area contributed by atoms with E-state index in [1.165, 1.54) is 18.4 Å². The van der Waals surface area contributed by atoms with Gasteiger partial charge in [0, 0.05) is 35.0 Å². The maximum absolute atomic E-state index is 11.9. The summed E-state index contributed by atoms with van der Waals surface area (Å²) in [7, 11) is 0.203. The quantitative estimate of drug-likeness (QED) is 0.108. The smallest absolute Gasteiger partial charge is 0.348 e. The van der Waals surface area contributed by atoms with Crippen LogP contribution in [0.5, 0.6) is 0 Å². The first-order chi connectivity index (χ1) is 18.7. The van der Waals surface area contributed by atoms with Gasteiger partial charge in [-0.25, -0.2) is 9.78 Å². The molecule has 5 rings (SSSR count). The molecule has 0 amide bonds. The number of hydrogen-bond donors (Lipinski definition) is 0. The lowest BCUT2D eigenvalue weighted by molar-refractivity contribution is 0.0606. The lowest BCUT2D eigenvalue weighted by Gasteiger charge is -2.26. The molecule has 0 atom stereocenters. The lowest BCUT2D eigenvalue weighted by Crippen LogP contribution is -2.22. The average Bonchev–Trinajstić information content (AvgIpc) is 3.57. The molecule has 4 heterocycles. The first-order valence-electron chi connectivity index (χ1n) is 12.9. The second kappa shape index (κ2) is 11.2. The Balaban J connectivity index is 1.54. The van der Waals surface area contributed by atoms with E-state index in [9.17, 15) is 4.79 Å². The van der Waals surface area contributed by atoms with E-state index in [1.54, 1.807) is 0 Å². The number of pyridine rings is 2. The monoisotopic (exact) mass is 556 g/mol. The highest BCUT2D eigenvalue weighted by molar-refractivity contribution is 7.12. The van der Waals surface area contributed by atoms with Crippen molar-refractivity contribution in [2.24, 2.45) is 0 Å². The van der Waals surface area contributed by atoms with E-state index in [0.29, 0.717) is 11.6 Å². The van der Waals surface area contributed by atoms with Crippen LogP contribution in [0.1, 0.15) is 15.4 Å². The van der Waals surface area contributed by atoms with Gasteiger partial charge in [-0.05, 0) is 54.3 Å². The molecular formula is C30H32N4O3SSi-. The highest BCUT2D eigenvalue weighted by Crippen LogP contribution is 2.34. The largest absolute Gasteiger partial charge is 0.465 e. The zero-order valence-electron chi connectivity index (χ0n) is 22.9. The Kier molecular flexibility index (Phi) is 7.74. The number of methoxy groups -OCH3 is 1. The molecule has 0 N–H and O–H groups in total. The first-order valence-corrected chi connectivity index (χ1v) is 17.4. The predicted octanol–water partition coefficient (Wildman–Crippen LogP) is 7.30. The Hall–Kier alpha value is -3.66. The molecule has 39 heavy (non-hydrogen) atoms. The normalized spacial score (nSPS) is 11.7. The molecule has 1 aromatic carbocycles. The van der Waals surface area contributed by atoms with E-state index in [0.717, 1.165) is 63.0 Å². The Morgan fingerprint density at radius 3 is 2.62 bits per heavy atom. The Labute approximate surface area is 233 Å². The van der Waals surface area contributed by atoms with Crippen molar-refractivity contribution in [1.29, 1.82) is 0 Å². The highest BCUT2D eigenvalue weighted by Gasteiger charge is 2.18. The van der Waals surface area contributed by atoms with Gasteiger partial charge >= 0.3 is 5.97 Å². The molecule has 0 fully saturated rings. The van der Waals surface area contributed by atoms with Crippen molar-refractivity contribution in [2.45, 2.75) is 39.3 Å². The molecule has 0 radical (unpaired) electrons. The maximum atomic E-state index is 11.9. The minimum absolute atomic E-state index is 0.333. The van der Waals surface area contributed by atoms with Crippen LogP contribution in [0.2, 0.25) is 25.7 Å². The molecule has 0 aliphatic carbocycles. The minimum atomic E-state index is -1.19. The number of imidazole rings is 1. The third-order valence-corrected chi connectivity index (χ3v) is 9.08. The summed E-state index contributed by atoms with van der Waals surface area (Å²) < 4.78 is 13.0. The van der Waals surface area contributed by atoms with Crippen LogP contribution in [-0.4, -0.2) is 47.3 Å². The summed E-state index contributed by atoms with van der Waals surface area (Å²) in [5.74, 6) is -0.333. The first kappa shape index (κ1) is 26.9. The average molecular weight is 557 g/mol. The Bertz CT molecular complexity index is 1640. The van der Waals surface area contributed by atoms with Gasteiger partial charge in [-0.3, -0.25) is 9.97 Å². The fourth-order valence-corrected chi connectivity index (χ4v) is 5.91. The molecule has 4 aromatic heterocycles. The topological polar surface area (TPSA) is 79.1 Å². The van der Waals surface area contributed by atoms with Gasteiger partial charge in [-0.15, -0.1) is 25.5 Å². The number of benzene rings is 1. The van der Waals surface area contributed by atoms with Crippen LogP contribution < -0.4 is 0 Å². The van der Waals surface area contributed by atoms with E-state index in [4.69, 9.17) is 19.4 Å². The van der Waals surface area contributed by atoms with Crippen LogP contribution in [0.15, 0.2) is 66.4 Å². The number of carbonyl (C=O) groups is 1. The van der Waals surface area contributed by atoms with Crippen LogP contribution in [0.25, 0.3) is 44.7 Å². The van der Waals surface area contributed by atoms with E-state index in [1.807, 2.05) is 55.2 Å². The number of fused-ring (bicyclic) bond motifs is 1. The van der Waals surface area contributed by atoms with E-state index in [-0.39, 0.29) is 5.97 Å². The second-order valence-electron chi connectivity index (χ2n) is 10.7. The molecule has 0 spiro atoms. The van der Waals surface area contributed by atoms with Crippen molar-refractivity contribution < 1.29 is 14.3 Å². The van der Waals surface area contributed by atoms with Gasteiger partial charge in [0.2, 0.25) is 0 Å². The lowest BCUT2D eigenvalue weighted by atomic mass is 10.0. The molecule has 0 bridgehead atoms. The van der Waals surface area contributed by atoms with Gasteiger partial charge in [-0.2, -0.15) is 19.6 Å². The molecule has 0 unspecified atom stereocenters. The summed E-state index contributed by atoms with van der Waals surface area (Å²) >= 11 is 1.36. The molecule has 0 saturated carbocycles. The van der Waals surface area contributed by atoms with Crippen LogP contribution in [0.3, 0.4) is 0 Å². The molecule has 201 valence electrons. The van der Waals surface area contributed by atoms with Crippen molar-refractivity contribution >= 4 is 36.3 Å². The summed E-state index contributed by atoms with van der Waals surface area (Å²) in [4.78, 5) is 26.7. The van der Waals surface area contributed by atoms with Crippen LogP contribution >= 0.6 is 11.3 Å². The van der Waals surface area contributed by atoms with Crippen LogP contribution in [0.4, 0.5) is 0 Å². The predicted molar refractivity (Wildman–Crippen MR) is 160 cm³/mol. The van der Waals surface area contributed by atoms with Gasteiger partial charge in [0.1, 0.15) is 17.3 Å². The number of hydrogen-bond acceptors (Lipinski definition) is 7. The summed E-state index contributed by atoms with van der Waals surface area (Å²) in [5, 5.41) is 2.94. The maximum Gasteiger partial charge on any atom is 0.348 e. The van der Waals surface area contributed by atoms with Crippen molar-refractivity contribution in [3.8, 4) is 33.8 Å². The van der Waals surface area contributed by atoms with Crippen molar-refractivity contribution in [3.63, 3.8) is 0 Å². The van der Waals surface area contributed by atoms with Crippen LogP contribution in [0, 0.1) is 6.92 Å². The van der Waals surface area contributed by atoms with Crippen LogP contribution in [-0.2, 0) is 16.2 Å². The van der Waals surface area contributed by atoms with E-state index < -0.39 is 8.07 Å². The number of thiophene rings is 1. The van der Waals surface area contributed by atoms with Gasteiger partial charge in [0.15, 0.2) is 0 Å². The molecule has 5 aromatic rings. The zero-order chi connectivity index (χ0) is 27.6. The number of carbonyl (C=O) groups excluding carboxylic acids is 1. The molecular weight excluding hydrogens is 525 g/mol. The second-order valence-corrected chi connectivity index (χ2v) is 17.3. The van der Waals surface area contributed by atoms with Gasteiger partial charge < -0.3 is 14.0 Å². The van der Waals surface area contributed by atoms with Crippen molar-refractivity contribution in [2.75, 3.05) is 13.7 Å². The summed E-state index contributed by atoms with van der Waals surface area (Å²) in [6.07, 6.45) is 3.67. The SMILES string of the molecule is COC(=O)c1cc(-c2cnc3ccc(-c4c(-c5cccc(C)n5)ncn4COCC[Si-](C)(C)C)cc3c2)cs1. The number of nitrogens with zero attached hydrogens (tertiary/aromatic N) is 4. The Morgan fingerprint density at radius 1 is 1.03 bits per heavy atom. The Morgan fingerprint density at radius 2 is 1.85 bits per heavy atom. The number of esters is 1. The standard InChI is InChI=1S/C30H32N4O3SSi/c1-20-7-6-8-26(33-20)28-29(34(18-32-28)19-37-11-12-39(3,4)5)21-9-10-25-22(13-21)14-23(16-31-25)24-15-27(38-17-24)30(35)36-2/h6-10,13-18H,11-12,19H2,1-5H3/q-1. The van der Waals surface area contributed by atoms with Crippen molar-refractivity contribution in [1.82, 2.24) is 19.5 Å². The number of rotatable bonds is 9. The zero-order valence-corrected chi connectivity index (χ0v) is 24.7. The number of aryl methyl sites for hydroxylation is 1. The van der Waals surface area contributed by atoms with E-state index >= 15 is 0 Å². The highest BCUT2D eigenvalue weighted by atomic mass is 32.1. The molecule has 7 nitrogen and oxygen atoms in total. The third-order valence-electron chi connectivity index (χ3n) is 6.47. The molecule has 0 aliphatic rings. The van der Waals surface area contributed by atoms with Gasteiger partial charge in [0.25, 0.3) is 0 Å². The fourth-order valence-electron chi connectivity index (χ4n) is 4.32.